The number of halogens is 1. The zero-order valence-corrected chi connectivity index (χ0v) is 6.76. The third kappa shape index (κ3) is 1.84. The van der Waals surface area contributed by atoms with Crippen LogP contribution in [0.4, 0.5) is 4.39 Å². The maximum Gasteiger partial charge on any atom is 0.129 e. The van der Waals surface area contributed by atoms with Crippen molar-refractivity contribution in [1.29, 1.82) is 0 Å². The van der Waals surface area contributed by atoms with Gasteiger partial charge < -0.3 is 5.11 Å². The summed E-state index contributed by atoms with van der Waals surface area (Å²) in [6, 6.07) is 4.54. The highest BCUT2D eigenvalue weighted by molar-refractivity contribution is 5.36. The van der Waals surface area contributed by atoms with Gasteiger partial charge >= 0.3 is 0 Å². The summed E-state index contributed by atoms with van der Waals surface area (Å²) in [6.07, 6.45) is 0. The molecule has 0 radical (unpaired) electrons. The molecular weight excluding hydrogens is 155 g/mol. The van der Waals surface area contributed by atoms with Gasteiger partial charge in [-0.1, -0.05) is 12.0 Å². The van der Waals surface area contributed by atoms with E-state index in [1.165, 1.54) is 12.1 Å². The summed E-state index contributed by atoms with van der Waals surface area (Å²) in [4.78, 5) is 0. The highest BCUT2D eigenvalue weighted by Crippen LogP contribution is 2.09. The molecule has 62 valence electrons. The van der Waals surface area contributed by atoms with Gasteiger partial charge in [0.15, 0.2) is 0 Å². The Morgan fingerprint density at radius 2 is 2.25 bits per heavy atom. The number of aliphatic hydroxyl groups excluding tert-OH is 1. The molecule has 0 aliphatic carbocycles. The number of hydrogen-bond acceptors (Lipinski definition) is 1. The summed E-state index contributed by atoms with van der Waals surface area (Å²) < 4.78 is 12.9. The third-order valence-corrected chi connectivity index (χ3v) is 1.49. The molecule has 0 aliphatic heterocycles. The maximum atomic E-state index is 12.9. The smallest absolute Gasteiger partial charge is 0.129 e. The van der Waals surface area contributed by atoms with Crippen molar-refractivity contribution in [3.63, 3.8) is 0 Å². The molecule has 0 aliphatic rings. The fourth-order valence-corrected chi connectivity index (χ4v) is 0.898. The van der Waals surface area contributed by atoms with Crippen LogP contribution in [-0.4, -0.2) is 5.11 Å². The molecule has 0 fully saturated rings. The van der Waals surface area contributed by atoms with Gasteiger partial charge in [-0.2, -0.15) is 0 Å². The predicted octanol–water partition coefficient (Wildman–Crippen LogP) is 1.69. The highest BCUT2D eigenvalue weighted by Gasteiger charge is 1.99. The minimum Gasteiger partial charge on any atom is -0.392 e. The van der Waals surface area contributed by atoms with Crippen molar-refractivity contribution >= 4 is 0 Å². The zero-order valence-electron chi connectivity index (χ0n) is 6.76. The van der Waals surface area contributed by atoms with Crippen molar-refractivity contribution in [2.24, 2.45) is 0 Å². The van der Waals surface area contributed by atoms with E-state index in [1.807, 2.05) is 0 Å². The van der Waals surface area contributed by atoms with E-state index < -0.39 is 5.82 Å². The second-order valence-electron chi connectivity index (χ2n) is 2.34. The largest absolute Gasteiger partial charge is 0.392 e. The van der Waals surface area contributed by atoms with Crippen LogP contribution in [0.15, 0.2) is 18.2 Å². The topological polar surface area (TPSA) is 20.2 Å². The van der Waals surface area contributed by atoms with Gasteiger partial charge in [-0.3, -0.25) is 0 Å². The van der Waals surface area contributed by atoms with E-state index in [9.17, 15) is 4.39 Å². The molecule has 0 aromatic heterocycles. The number of benzene rings is 1. The Kier molecular flexibility index (Phi) is 2.84. The standard InChI is InChI=1S/C10H9FO/c1-2-3-8-4-5-9(7-12)10(11)6-8/h4-6,12H,7H2,1H3. The second kappa shape index (κ2) is 3.89. The first-order valence-corrected chi connectivity index (χ1v) is 3.60. The molecule has 0 amide bonds. The third-order valence-electron chi connectivity index (χ3n) is 1.49. The van der Waals surface area contributed by atoms with E-state index in [0.717, 1.165) is 0 Å². The first-order valence-electron chi connectivity index (χ1n) is 3.60. The van der Waals surface area contributed by atoms with Crippen LogP contribution in [0.3, 0.4) is 0 Å². The Morgan fingerprint density at radius 3 is 2.75 bits per heavy atom. The summed E-state index contributed by atoms with van der Waals surface area (Å²) in [5.41, 5.74) is 0.934. The molecule has 0 saturated heterocycles. The lowest BCUT2D eigenvalue weighted by Gasteiger charge is -1.97. The van der Waals surface area contributed by atoms with Crippen molar-refractivity contribution in [3.05, 3.63) is 35.1 Å². The molecule has 2 heteroatoms. The van der Waals surface area contributed by atoms with E-state index >= 15 is 0 Å². The molecule has 0 bridgehead atoms. The first-order chi connectivity index (χ1) is 5.77. The molecule has 1 aromatic rings. The molecule has 1 N–H and O–H groups in total. The maximum absolute atomic E-state index is 12.9. The monoisotopic (exact) mass is 164 g/mol. The van der Waals surface area contributed by atoms with Gasteiger partial charge in [-0.05, 0) is 19.1 Å². The Bertz CT molecular complexity index is 333. The van der Waals surface area contributed by atoms with Crippen molar-refractivity contribution in [1.82, 2.24) is 0 Å². The van der Waals surface area contributed by atoms with Crippen LogP contribution in [0.5, 0.6) is 0 Å². The van der Waals surface area contributed by atoms with E-state index in [4.69, 9.17) is 5.11 Å². The molecule has 0 unspecified atom stereocenters. The van der Waals surface area contributed by atoms with Gasteiger partial charge in [0, 0.05) is 11.1 Å². The van der Waals surface area contributed by atoms with Crippen molar-refractivity contribution in [3.8, 4) is 11.8 Å². The normalized spacial score (nSPS) is 8.92. The average Bonchev–Trinajstić information content (AvgIpc) is 2.05. The van der Waals surface area contributed by atoms with Gasteiger partial charge in [0.1, 0.15) is 5.82 Å². The van der Waals surface area contributed by atoms with E-state index in [-0.39, 0.29) is 6.61 Å². The Hall–Kier alpha value is -1.33. The summed E-state index contributed by atoms with van der Waals surface area (Å²) in [7, 11) is 0. The van der Waals surface area contributed by atoms with E-state index in [0.29, 0.717) is 11.1 Å². The molecule has 1 aromatic carbocycles. The average molecular weight is 164 g/mol. The Labute approximate surface area is 70.9 Å². The van der Waals surface area contributed by atoms with Crippen LogP contribution < -0.4 is 0 Å². The van der Waals surface area contributed by atoms with Crippen LogP contribution in [-0.2, 0) is 6.61 Å². The van der Waals surface area contributed by atoms with E-state index in [2.05, 4.69) is 11.8 Å². The summed E-state index contributed by atoms with van der Waals surface area (Å²) in [6.45, 7) is 1.42. The van der Waals surface area contributed by atoms with E-state index in [1.54, 1.807) is 13.0 Å². The molecule has 1 rings (SSSR count). The predicted molar refractivity (Wildman–Crippen MR) is 44.9 cm³/mol. The fraction of sp³-hybridized carbons (Fsp3) is 0.200. The van der Waals surface area contributed by atoms with Gasteiger partial charge in [0.25, 0.3) is 0 Å². The highest BCUT2D eigenvalue weighted by atomic mass is 19.1. The minimum absolute atomic E-state index is 0.272. The summed E-state index contributed by atoms with van der Waals surface area (Å²) in [5.74, 6) is 4.99. The van der Waals surface area contributed by atoms with Crippen LogP contribution >= 0.6 is 0 Å². The lowest BCUT2D eigenvalue weighted by Crippen LogP contribution is -1.89. The summed E-state index contributed by atoms with van der Waals surface area (Å²) >= 11 is 0. The molecule has 12 heavy (non-hydrogen) atoms. The van der Waals surface area contributed by atoms with Crippen LogP contribution in [0.1, 0.15) is 18.1 Å². The number of rotatable bonds is 1. The lowest BCUT2D eigenvalue weighted by atomic mass is 10.1. The molecule has 0 heterocycles. The zero-order chi connectivity index (χ0) is 8.97. The second-order valence-corrected chi connectivity index (χ2v) is 2.34. The molecular formula is C10H9FO. The molecule has 0 spiro atoms. The van der Waals surface area contributed by atoms with Crippen molar-refractivity contribution in [2.45, 2.75) is 13.5 Å². The SMILES string of the molecule is CC#Cc1ccc(CO)c(F)c1. The van der Waals surface area contributed by atoms with Gasteiger partial charge in [-0.15, -0.1) is 5.92 Å². The summed E-state index contributed by atoms with van der Waals surface area (Å²) in [5, 5.41) is 8.66. The molecule has 0 atom stereocenters. The number of aliphatic hydroxyl groups is 1. The van der Waals surface area contributed by atoms with Gasteiger partial charge in [-0.25, -0.2) is 4.39 Å². The molecule has 0 saturated carbocycles. The number of hydrogen-bond donors (Lipinski definition) is 1. The van der Waals surface area contributed by atoms with Gasteiger partial charge in [0.05, 0.1) is 6.61 Å². The van der Waals surface area contributed by atoms with Gasteiger partial charge in [0.2, 0.25) is 0 Å². The van der Waals surface area contributed by atoms with Crippen LogP contribution in [0, 0.1) is 17.7 Å². The fourth-order valence-electron chi connectivity index (χ4n) is 0.898. The Morgan fingerprint density at radius 1 is 1.50 bits per heavy atom. The Balaban J connectivity index is 3.07. The van der Waals surface area contributed by atoms with Crippen molar-refractivity contribution in [2.75, 3.05) is 0 Å². The van der Waals surface area contributed by atoms with Crippen molar-refractivity contribution < 1.29 is 9.50 Å². The van der Waals surface area contributed by atoms with Crippen LogP contribution in [0.25, 0.3) is 0 Å². The quantitative estimate of drug-likeness (QED) is 0.626. The molecule has 1 nitrogen and oxygen atoms in total. The lowest BCUT2D eigenvalue weighted by molar-refractivity contribution is 0.275. The van der Waals surface area contributed by atoms with Crippen LogP contribution in [0.2, 0.25) is 0 Å². The first kappa shape index (κ1) is 8.76. The minimum atomic E-state index is -0.405.